The van der Waals surface area contributed by atoms with E-state index in [4.69, 9.17) is 0 Å². The highest BCUT2D eigenvalue weighted by Crippen LogP contribution is 2.38. The second-order valence-electron chi connectivity index (χ2n) is 6.55. The van der Waals surface area contributed by atoms with E-state index in [1.54, 1.807) is 0 Å². The molecule has 0 saturated heterocycles. The number of benzene rings is 1. The lowest BCUT2D eigenvalue weighted by atomic mass is 9.70. The molecule has 2 nitrogen and oxygen atoms in total. The first-order chi connectivity index (χ1) is 10.1. The lowest BCUT2D eigenvalue weighted by Crippen LogP contribution is -2.32. The molecule has 0 spiro atoms. The van der Waals surface area contributed by atoms with Crippen LogP contribution >= 0.6 is 0 Å². The van der Waals surface area contributed by atoms with Crippen molar-refractivity contribution < 1.29 is 9.90 Å². The first kappa shape index (κ1) is 16.1. The number of aliphatic carboxylic acids is 1. The normalized spacial score (nSPS) is 25.7. The molecular formula is C19H28O2. The number of aryl methyl sites for hydroxylation is 1. The Hall–Kier alpha value is -1.31. The van der Waals surface area contributed by atoms with Crippen molar-refractivity contribution in [3.05, 3.63) is 35.4 Å². The van der Waals surface area contributed by atoms with Crippen molar-refractivity contribution in [2.45, 2.75) is 58.8 Å². The van der Waals surface area contributed by atoms with E-state index in [0.29, 0.717) is 5.92 Å². The first-order valence-electron chi connectivity index (χ1n) is 8.44. The molecular weight excluding hydrogens is 260 g/mol. The van der Waals surface area contributed by atoms with Crippen LogP contribution in [0.25, 0.3) is 0 Å². The minimum Gasteiger partial charge on any atom is -0.481 e. The number of hydrogen-bond acceptors (Lipinski definition) is 1. The quantitative estimate of drug-likeness (QED) is 0.823. The summed E-state index contributed by atoms with van der Waals surface area (Å²) in [6.07, 6.45) is 7.47. The summed E-state index contributed by atoms with van der Waals surface area (Å²) in [5.41, 5.74) is 2.64. The molecule has 1 aliphatic carbocycles. The fourth-order valence-electron chi connectivity index (χ4n) is 3.80. The van der Waals surface area contributed by atoms with E-state index in [2.05, 4.69) is 38.1 Å². The van der Waals surface area contributed by atoms with Crippen molar-refractivity contribution in [3.8, 4) is 0 Å². The van der Waals surface area contributed by atoms with Crippen LogP contribution in [0.1, 0.15) is 57.1 Å². The first-order valence-corrected chi connectivity index (χ1v) is 8.44. The van der Waals surface area contributed by atoms with E-state index in [1.165, 1.54) is 24.0 Å². The molecule has 0 heterocycles. The predicted molar refractivity (Wildman–Crippen MR) is 86.4 cm³/mol. The zero-order chi connectivity index (χ0) is 15.2. The molecule has 3 atom stereocenters. The lowest BCUT2D eigenvalue weighted by molar-refractivity contribution is -0.145. The molecule has 0 aliphatic heterocycles. The summed E-state index contributed by atoms with van der Waals surface area (Å²) in [5, 5.41) is 9.49. The molecule has 1 aliphatic rings. The monoisotopic (exact) mass is 288 g/mol. The Morgan fingerprint density at radius 2 is 1.81 bits per heavy atom. The molecule has 1 N–H and O–H groups in total. The molecule has 1 saturated carbocycles. The maximum absolute atomic E-state index is 11.5. The van der Waals surface area contributed by atoms with E-state index < -0.39 is 5.97 Å². The predicted octanol–water partition coefficient (Wildman–Crippen LogP) is 4.71. The highest BCUT2D eigenvalue weighted by molar-refractivity contribution is 5.70. The summed E-state index contributed by atoms with van der Waals surface area (Å²) in [5.74, 6) is 0.287. The molecule has 2 rings (SSSR count). The molecule has 0 bridgehead atoms. The van der Waals surface area contributed by atoms with E-state index in [9.17, 15) is 9.90 Å². The molecule has 1 aromatic rings. The molecule has 116 valence electrons. The maximum atomic E-state index is 11.5. The largest absolute Gasteiger partial charge is 0.481 e. The number of hydrogen-bond donors (Lipinski definition) is 1. The molecule has 0 radical (unpaired) electrons. The van der Waals surface area contributed by atoms with Gasteiger partial charge in [-0.15, -0.1) is 0 Å². The fraction of sp³-hybridized carbons (Fsp3) is 0.632. The average molecular weight is 288 g/mol. The summed E-state index contributed by atoms with van der Waals surface area (Å²) < 4.78 is 0. The molecule has 0 aromatic heterocycles. The third-order valence-electron chi connectivity index (χ3n) is 5.03. The minimum absolute atomic E-state index is 0.149. The third kappa shape index (κ3) is 4.33. The number of carbonyl (C=O) groups is 1. The van der Waals surface area contributed by atoms with Crippen molar-refractivity contribution in [2.75, 3.05) is 0 Å². The van der Waals surface area contributed by atoms with Gasteiger partial charge in [-0.3, -0.25) is 4.79 Å². The van der Waals surface area contributed by atoms with E-state index in [1.807, 2.05) is 0 Å². The van der Waals surface area contributed by atoms with Gasteiger partial charge < -0.3 is 5.11 Å². The van der Waals surface area contributed by atoms with Crippen molar-refractivity contribution in [1.82, 2.24) is 0 Å². The highest BCUT2D eigenvalue weighted by atomic mass is 16.4. The van der Waals surface area contributed by atoms with Crippen molar-refractivity contribution in [1.29, 1.82) is 0 Å². The van der Waals surface area contributed by atoms with Gasteiger partial charge in [0.1, 0.15) is 0 Å². The van der Waals surface area contributed by atoms with Crippen LogP contribution in [0.2, 0.25) is 0 Å². The molecule has 2 heteroatoms. The topological polar surface area (TPSA) is 37.3 Å². The zero-order valence-corrected chi connectivity index (χ0v) is 13.3. The van der Waals surface area contributed by atoms with Gasteiger partial charge in [0.25, 0.3) is 0 Å². The second-order valence-corrected chi connectivity index (χ2v) is 6.55. The Bertz CT molecular complexity index is 449. The molecule has 0 amide bonds. The van der Waals surface area contributed by atoms with Gasteiger partial charge in [-0.25, -0.2) is 0 Å². The summed E-state index contributed by atoms with van der Waals surface area (Å²) in [6, 6.07) is 8.72. The van der Waals surface area contributed by atoms with Crippen molar-refractivity contribution in [3.63, 3.8) is 0 Å². The number of rotatable bonds is 6. The fourth-order valence-corrected chi connectivity index (χ4v) is 3.80. The maximum Gasteiger partial charge on any atom is 0.306 e. The van der Waals surface area contributed by atoms with Gasteiger partial charge in [-0.1, -0.05) is 51.0 Å². The van der Waals surface area contributed by atoms with E-state index in [-0.39, 0.29) is 5.92 Å². The molecule has 3 unspecified atom stereocenters. The van der Waals surface area contributed by atoms with Crippen LogP contribution in [0, 0.1) is 17.8 Å². The Morgan fingerprint density at radius 3 is 2.38 bits per heavy atom. The van der Waals surface area contributed by atoms with Crippen LogP contribution in [0.15, 0.2) is 24.3 Å². The number of carboxylic acids is 1. The van der Waals surface area contributed by atoms with Crippen LogP contribution in [-0.2, 0) is 17.6 Å². The Balaban J connectivity index is 2.05. The molecule has 21 heavy (non-hydrogen) atoms. The zero-order valence-electron chi connectivity index (χ0n) is 13.3. The summed E-state index contributed by atoms with van der Waals surface area (Å²) >= 11 is 0. The minimum atomic E-state index is -0.597. The second kappa shape index (κ2) is 7.63. The standard InChI is InChI=1S/C19H28O2/c1-3-5-15-10-11-18(19(20)21)17(12-15)13-16-8-6-14(4-2)7-9-16/h6-9,15,17-18H,3-5,10-13H2,1-2H3,(H,20,21). The van der Waals surface area contributed by atoms with Crippen molar-refractivity contribution in [2.24, 2.45) is 17.8 Å². The van der Waals surface area contributed by atoms with Gasteiger partial charge >= 0.3 is 5.97 Å². The molecule has 1 fully saturated rings. The summed E-state index contributed by atoms with van der Waals surface area (Å²) in [6.45, 7) is 4.38. The smallest absolute Gasteiger partial charge is 0.306 e. The van der Waals surface area contributed by atoms with Gasteiger partial charge in [0.05, 0.1) is 5.92 Å². The van der Waals surface area contributed by atoms with Crippen LogP contribution in [0.5, 0.6) is 0 Å². The van der Waals surface area contributed by atoms with Crippen molar-refractivity contribution >= 4 is 5.97 Å². The van der Waals surface area contributed by atoms with E-state index in [0.717, 1.165) is 38.0 Å². The Morgan fingerprint density at radius 1 is 1.14 bits per heavy atom. The molecule has 1 aromatic carbocycles. The van der Waals surface area contributed by atoms with Gasteiger partial charge in [0, 0.05) is 0 Å². The van der Waals surface area contributed by atoms with E-state index >= 15 is 0 Å². The average Bonchev–Trinajstić information content (AvgIpc) is 2.48. The highest BCUT2D eigenvalue weighted by Gasteiger charge is 2.34. The van der Waals surface area contributed by atoms with Gasteiger partial charge in [-0.05, 0) is 55.1 Å². The Labute approximate surface area is 128 Å². The van der Waals surface area contributed by atoms with Crippen LogP contribution in [-0.4, -0.2) is 11.1 Å². The SMILES string of the molecule is CCCC1CCC(C(=O)O)C(Cc2ccc(CC)cc2)C1. The number of carboxylic acid groups (broad SMARTS) is 1. The van der Waals surface area contributed by atoms with Gasteiger partial charge in [-0.2, -0.15) is 0 Å². The lowest BCUT2D eigenvalue weighted by Gasteiger charge is -2.34. The van der Waals surface area contributed by atoms with Crippen LogP contribution in [0.3, 0.4) is 0 Å². The summed E-state index contributed by atoms with van der Waals surface area (Å²) in [7, 11) is 0. The van der Waals surface area contributed by atoms with Crippen LogP contribution in [0.4, 0.5) is 0 Å². The summed E-state index contributed by atoms with van der Waals surface area (Å²) in [4.78, 5) is 11.5. The van der Waals surface area contributed by atoms with Crippen LogP contribution < -0.4 is 0 Å². The van der Waals surface area contributed by atoms with Gasteiger partial charge in [0.2, 0.25) is 0 Å². The Kier molecular flexibility index (Phi) is 5.84. The van der Waals surface area contributed by atoms with Gasteiger partial charge in [0.15, 0.2) is 0 Å². The third-order valence-corrected chi connectivity index (χ3v) is 5.03.